The Bertz CT molecular complexity index is 2780. The molecule has 0 aliphatic rings. The topological polar surface area (TPSA) is 18.1 Å². The summed E-state index contributed by atoms with van der Waals surface area (Å²) in [6, 6.07) is 67.5. The van der Waals surface area contributed by atoms with Crippen molar-refractivity contribution >= 4 is 43.7 Å². The third-order valence-corrected chi connectivity index (χ3v) is 10.0. The van der Waals surface area contributed by atoms with Gasteiger partial charge >= 0.3 is 0 Å². The first-order chi connectivity index (χ1) is 24.8. The van der Waals surface area contributed by atoms with Crippen LogP contribution in [0.4, 0.5) is 0 Å². The predicted molar refractivity (Wildman–Crippen MR) is 210 cm³/mol. The van der Waals surface area contributed by atoms with Crippen LogP contribution in [0.3, 0.4) is 0 Å². The van der Waals surface area contributed by atoms with Crippen LogP contribution in [0, 0.1) is 0 Å². The van der Waals surface area contributed by atoms with Gasteiger partial charge in [-0.25, -0.2) is 0 Å². The first-order valence-corrected chi connectivity index (χ1v) is 17.1. The molecule has 10 aromatic rings. The average molecular weight is 638 g/mol. The van der Waals surface area contributed by atoms with Gasteiger partial charge in [0.15, 0.2) is 0 Å². The van der Waals surface area contributed by atoms with Gasteiger partial charge in [-0.2, -0.15) is 0 Å². The Morgan fingerprint density at radius 1 is 0.320 bits per heavy atom. The van der Waals surface area contributed by atoms with Crippen LogP contribution in [-0.2, 0) is 0 Å². The summed E-state index contributed by atoms with van der Waals surface area (Å²) in [5.74, 6) is 0. The Morgan fingerprint density at radius 3 is 1.46 bits per heavy atom. The summed E-state index contributed by atoms with van der Waals surface area (Å²) in [6.45, 7) is 0. The van der Waals surface area contributed by atoms with Gasteiger partial charge in [0.2, 0.25) is 0 Å². The normalized spacial score (nSPS) is 11.6. The third kappa shape index (κ3) is 4.65. The molecule has 0 bridgehead atoms. The van der Waals surface area contributed by atoms with E-state index < -0.39 is 0 Å². The maximum atomic E-state index is 6.52. The van der Waals surface area contributed by atoms with Crippen molar-refractivity contribution in [1.82, 2.24) is 4.57 Å². The Hall–Kier alpha value is -6.64. The van der Waals surface area contributed by atoms with Gasteiger partial charge in [0, 0.05) is 32.8 Å². The number of para-hydroxylation sites is 4. The molecule has 2 nitrogen and oxygen atoms in total. The molecule has 10 rings (SSSR count). The van der Waals surface area contributed by atoms with Crippen LogP contribution in [0.2, 0.25) is 0 Å². The highest BCUT2D eigenvalue weighted by Gasteiger charge is 2.16. The minimum Gasteiger partial charge on any atom is -0.455 e. The average Bonchev–Trinajstić information content (AvgIpc) is 3.74. The fraction of sp³-hybridized carbons (Fsp3) is 0. The fourth-order valence-electron chi connectivity index (χ4n) is 7.58. The second-order valence-corrected chi connectivity index (χ2v) is 12.9. The molecule has 0 amide bonds. The Kier molecular flexibility index (Phi) is 6.53. The Morgan fingerprint density at radius 2 is 0.800 bits per heavy atom. The van der Waals surface area contributed by atoms with E-state index in [9.17, 15) is 0 Å². The van der Waals surface area contributed by atoms with E-state index in [4.69, 9.17) is 4.42 Å². The Balaban J connectivity index is 1.13. The van der Waals surface area contributed by atoms with E-state index in [1.165, 1.54) is 38.5 Å². The maximum Gasteiger partial charge on any atom is 0.143 e. The summed E-state index contributed by atoms with van der Waals surface area (Å²) in [7, 11) is 0. The largest absolute Gasteiger partial charge is 0.455 e. The van der Waals surface area contributed by atoms with Gasteiger partial charge in [-0.1, -0.05) is 140 Å². The number of rotatable bonds is 5. The zero-order valence-corrected chi connectivity index (χ0v) is 27.3. The number of hydrogen-bond acceptors (Lipinski definition) is 1. The van der Waals surface area contributed by atoms with Crippen LogP contribution in [0.5, 0.6) is 0 Å². The van der Waals surface area contributed by atoms with Crippen molar-refractivity contribution in [3.8, 4) is 50.2 Å². The first kappa shape index (κ1) is 28.4. The van der Waals surface area contributed by atoms with Crippen LogP contribution in [-0.4, -0.2) is 4.57 Å². The standard InChI is InChI=1S/C48H31NO/c1-2-11-32(12-3-1)33-21-23-34(24-22-33)36-29-37(31-38(30-36)40-16-10-17-44-43-15-6-9-20-47(43)50-48(40)44)35-25-27-39(28-26-35)49-45-18-7-4-13-41(45)42-14-5-8-19-46(42)49/h1-31H. The van der Waals surface area contributed by atoms with E-state index in [-0.39, 0.29) is 0 Å². The molecule has 0 N–H and O–H groups in total. The van der Waals surface area contributed by atoms with Crippen LogP contribution >= 0.6 is 0 Å². The van der Waals surface area contributed by atoms with Crippen molar-refractivity contribution in [2.24, 2.45) is 0 Å². The zero-order valence-electron chi connectivity index (χ0n) is 27.3. The molecule has 2 heterocycles. The van der Waals surface area contributed by atoms with Crippen LogP contribution < -0.4 is 0 Å². The van der Waals surface area contributed by atoms with E-state index in [1.54, 1.807) is 0 Å². The molecule has 2 aromatic heterocycles. The quantitative estimate of drug-likeness (QED) is 0.184. The lowest BCUT2D eigenvalue weighted by Crippen LogP contribution is -1.93. The number of nitrogens with zero attached hydrogens (tertiary/aromatic N) is 1. The molecule has 0 saturated carbocycles. The summed E-state index contributed by atoms with van der Waals surface area (Å²) < 4.78 is 8.89. The first-order valence-electron chi connectivity index (χ1n) is 17.1. The summed E-state index contributed by atoms with van der Waals surface area (Å²) >= 11 is 0. The SMILES string of the molecule is c1ccc(-c2ccc(-c3cc(-c4ccc(-n5c6ccccc6c6ccccc65)cc4)cc(-c4cccc5c4oc4ccccc45)c3)cc2)cc1. The number of fused-ring (bicyclic) bond motifs is 6. The van der Waals surface area contributed by atoms with Gasteiger partial charge in [0.05, 0.1) is 11.0 Å². The fourth-order valence-corrected chi connectivity index (χ4v) is 7.58. The molecular formula is C48H31NO. The molecule has 2 heteroatoms. The summed E-state index contributed by atoms with van der Waals surface area (Å²) in [5, 5.41) is 4.80. The molecule has 0 saturated heterocycles. The highest BCUT2D eigenvalue weighted by atomic mass is 16.3. The molecule has 0 aliphatic heterocycles. The highest BCUT2D eigenvalue weighted by Crippen LogP contribution is 2.40. The molecule has 0 spiro atoms. The monoisotopic (exact) mass is 637 g/mol. The van der Waals surface area contributed by atoms with E-state index in [1.807, 2.05) is 12.1 Å². The molecule has 0 atom stereocenters. The number of hydrogen-bond donors (Lipinski definition) is 0. The van der Waals surface area contributed by atoms with E-state index in [0.29, 0.717) is 0 Å². The van der Waals surface area contributed by atoms with Crippen molar-refractivity contribution in [3.63, 3.8) is 0 Å². The van der Waals surface area contributed by atoms with E-state index >= 15 is 0 Å². The van der Waals surface area contributed by atoms with Crippen molar-refractivity contribution in [2.75, 3.05) is 0 Å². The van der Waals surface area contributed by atoms with Crippen LogP contribution in [0.25, 0.3) is 93.9 Å². The number of furan rings is 1. The maximum absolute atomic E-state index is 6.52. The number of aromatic nitrogens is 1. The molecular weight excluding hydrogens is 607 g/mol. The van der Waals surface area contributed by atoms with Crippen molar-refractivity contribution < 1.29 is 4.42 Å². The molecule has 0 fully saturated rings. The molecule has 234 valence electrons. The highest BCUT2D eigenvalue weighted by molar-refractivity contribution is 6.10. The van der Waals surface area contributed by atoms with Crippen molar-refractivity contribution in [3.05, 3.63) is 188 Å². The Labute approximate surface area is 290 Å². The predicted octanol–water partition coefficient (Wildman–Crippen LogP) is 13.4. The van der Waals surface area contributed by atoms with E-state index in [2.05, 4.69) is 180 Å². The van der Waals surface area contributed by atoms with Gasteiger partial charge < -0.3 is 8.98 Å². The molecule has 0 aliphatic carbocycles. The van der Waals surface area contributed by atoms with Crippen molar-refractivity contribution in [1.29, 1.82) is 0 Å². The lowest BCUT2D eigenvalue weighted by Gasteiger charge is -2.13. The van der Waals surface area contributed by atoms with Gasteiger partial charge in [0.25, 0.3) is 0 Å². The minimum atomic E-state index is 0.906. The minimum absolute atomic E-state index is 0.906. The molecule has 8 aromatic carbocycles. The molecule has 0 unspecified atom stereocenters. The van der Waals surface area contributed by atoms with Gasteiger partial charge in [-0.3, -0.25) is 0 Å². The van der Waals surface area contributed by atoms with Crippen molar-refractivity contribution in [2.45, 2.75) is 0 Å². The third-order valence-electron chi connectivity index (χ3n) is 10.0. The van der Waals surface area contributed by atoms with Gasteiger partial charge in [0.1, 0.15) is 11.2 Å². The summed E-state index contributed by atoms with van der Waals surface area (Å²) in [5.41, 5.74) is 14.7. The lowest BCUT2D eigenvalue weighted by atomic mass is 9.92. The molecule has 0 radical (unpaired) electrons. The smallest absolute Gasteiger partial charge is 0.143 e. The van der Waals surface area contributed by atoms with Crippen LogP contribution in [0.15, 0.2) is 192 Å². The second-order valence-electron chi connectivity index (χ2n) is 12.9. The van der Waals surface area contributed by atoms with E-state index in [0.717, 1.165) is 55.4 Å². The second kappa shape index (κ2) is 11.5. The lowest BCUT2D eigenvalue weighted by molar-refractivity contribution is 0.670. The van der Waals surface area contributed by atoms with Gasteiger partial charge in [-0.05, 0) is 87.5 Å². The summed E-state index contributed by atoms with van der Waals surface area (Å²) in [6.07, 6.45) is 0. The van der Waals surface area contributed by atoms with Crippen LogP contribution in [0.1, 0.15) is 0 Å². The zero-order chi connectivity index (χ0) is 33.0. The molecule has 50 heavy (non-hydrogen) atoms. The number of benzene rings is 8. The van der Waals surface area contributed by atoms with Gasteiger partial charge in [-0.15, -0.1) is 0 Å². The summed E-state index contributed by atoms with van der Waals surface area (Å²) in [4.78, 5) is 0.